The standard InChI is InChI=1S/C9H18Br2O6/c10-7(11)1-2-9(17,6(15)4-13)8(16)5(14)3-12/h5-8,12-17H,1-4H2/t5-,6+,8-,9-/m1/s1. The Balaban J connectivity index is 4.82. The lowest BCUT2D eigenvalue weighted by Crippen LogP contribution is -2.58. The molecule has 0 aliphatic heterocycles. The van der Waals surface area contributed by atoms with Crippen LogP contribution in [0.1, 0.15) is 12.8 Å². The fraction of sp³-hybridized carbons (Fsp3) is 1.00. The first-order chi connectivity index (χ1) is 7.79. The van der Waals surface area contributed by atoms with Gasteiger partial charge >= 0.3 is 0 Å². The van der Waals surface area contributed by atoms with Crippen LogP contribution in [0.15, 0.2) is 0 Å². The molecule has 0 radical (unpaired) electrons. The van der Waals surface area contributed by atoms with Gasteiger partial charge in [-0.25, -0.2) is 0 Å². The zero-order valence-corrected chi connectivity index (χ0v) is 12.2. The second kappa shape index (κ2) is 8.00. The van der Waals surface area contributed by atoms with Gasteiger partial charge in [0.1, 0.15) is 23.9 Å². The summed E-state index contributed by atoms with van der Waals surface area (Å²) in [5, 5.41) is 56.2. The van der Waals surface area contributed by atoms with Gasteiger partial charge in [0.15, 0.2) is 0 Å². The Kier molecular flexibility index (Phi) is 8.34. The summed E-state index contributed by atoms with van der Waals surface area (Å²) in [6, 6.07) is 0. The smallest absolute Gasteiger partial charge is 0.121 e. The Hall–Kier alpha value is 0.720. The molecule has 0 rings (SSSR count). The summed E-state index contributed by atoms with van der Waals surface area (Å²) in [4.78, 5) is 0. The van der Waals surface area contributed by atoms with E-state index in [9.17, 15) is 20.4 Å². The Morgan fingerprint density at radius 2 is 1.53 bits per heavy atom. The molecule has 0 saturated heterocycles. The van der Waals surface area contributed by atoms with E-state index >= 15 is 0 Å². The van der Waals surface area contributed by atoms with Gasteiger partial charge < -0.3 is 30.6 Å². The van der Waals surface area contributed by atoms with Crippen molar-refractivity contribution in [3.05, 3.63) is 0 Å². The average Bonchev–Trinajstić information content (AvgIpc) is 2.32. The van der Waals surface area contributed by atoms with Gasteiger partial charge in [0.25, 0.3) is 0 Å². The van der Waals surface area contributed by atoms with Crippen LogP contribution in [0.2, 0.25) is 0 Å². The molecule has 0 aromatic rings. The van der Waals surface area contributed by atoms with Crippen molar-refractivity contribution in [1.82, 2.24) is 0 Å². The highest BCUT2D eigenvalue weighted by molar-refractivity contribution is 9.24. The van der Waals surface area contributed by atoms with Crippen molar-refractivity contribution in [2.45, 2.75) is 40.5 Å². The van der Waals surface area contributed by atoms with E-state index in [1.165, 1.54) is 0 Å². The van der Waals surface area contributed by atoms with Crippen LogP contribution in [0.25, 0.3) is 0 Å². The second-order valence-corrected chi connectivity index (χ2v) is 7.25. The molecule has 0 saturated carbocycles. The third-order valence-electron chi connectivity index (χ3n) is 2.58. The highest BCUT2D eigenvalue weighted by Crippen LogP contribution is 2.28. The third-order valence-corrected chi connectivity index (χ3v) is 3.49. The Bertz CT molecular complexity index is 218. The average molecular weight is 382 g/mol. The zero-order chi connectivity index (χ0) is 13.6. The van der Waals surface area contributed by atoms with Crippen LogP contribution in [0, 0.1) is 0 Å². The Labute approximate surface area is 116 Å². The van der Waals surface area contributed by atoms with Crippen molar-refractivity contribution in [3.8, 4) is 0 Å². The minimum atomic E-state index is -2.09. The minimum absolute atomic E-state index is 0.0753. The summed E-state index contributed by atoms with van der Waals surface area (Å²) in [5.41, 5.74) is -2.09. The van der Waals surface area contributed by atoms with E-state index in [4.69, 9.17) is 10.2 Å². The molecular weight excluding hydrogens is 364 g/mol. The van der Waals surface area contributed by atoms with Crippen LogP contribution in [0.3, 0.4) is 0 Å². The molecule has 0 aromatic heterocycles. The van der Waals surface area contributed by atoms with Gasteiger partial charge in [0.05, 0.1) is 17.0 Å². The minimum Gasteiger partial charge on any atom is -0.394 e. The van der Waals surface area contributed by atoms with Gasteiger partial charge in [0.2, 0.25) is 0 Å². The first kappa shape index (κ1) is 17.7. The molecule has 104 valence electrons. The van der Waals surface area contributed by atoms with Crippen molar-refractivity contribution in [1.29, 1.82) is 0 Å². The molecule has 0 aromatic carbocycles. The fourth-order valence-electron chi connectivity index (χ4n) is 1.44. The van der Waals surface area contributed by atoms with Crippen molar-refractivity contribution in [2.24, 2.45) is 0 Å². The van der Waals surface area contributed by atoms with Crippen molar-refractivity contribution in [2.75, 3.05) is 13.2 Å². The van der Waals surface area contributed by atoms with Gasteiger partial charge in [-0.3, -0.25) is 0 Å². The van der Waals surface area contributed by atoms with E-state index in [1.807, 2.05) is 0 Å². The largest absolute Gasteiger partial charge is 0.394 e. The predicted molar refractivity (Wildman–Crippen MR) is 68.0 cm³/mol. The molecule has 0 unspecified atom stereocenters. The summed E-state index contributed by atoms with van der Waals surface area (Å²) in [6.45, 7) is -1.52. The van der Waals surface area contributed by atoms with Gasteiger partial charge in [-0.05, 0) is 12.8 Å². The molecule has 6 N–H and O–H groups in total. The lowest BCUT2D eigenvalue weighted by atomic mass is 9.83. The van der Waals surface area contributed by atoms with Crippen molar-refractivity contribution in [3.63, 3.8) is 0 Å². The fourth-order valence-corrected chi connectivity index (χ4v) is 1.90. The van der Waals surface area contributed by atoms with Crippen LogP contribution < -0.4 is 0 Å². The number of hydrogen-bond acceptors (Lipinski definition) is 6. The lowest BCUT2D eigenvalue weighted by molar-refractivity contribution is -0.193. The highest BCUT2D eigenvalue weighted by atomic mass is 79.9. The Morgan fingerprint density at radius 3 is 1.88 bits per heavy atom. The molecule has 8 heteroatoms. The number of hydrogen-bond donors (Lipinski definition) is 6. The van der Waals surface area contributed by atoms with Crippen LogP contribution >= 0.6 is 31.9 Å². The van der Waals surface area contributed by atoms with Crippen LogP contribution in [0.5, 0.6) is 0 Å². The maximum atomic E-state index is 10.1. The van der Waals surface area contributed by atoms with Crippen LogP contribution in [-0.2, 0) is 0 Å². The predicted octanol–water partition coefficient (Wildman–Crippen LogP) is -1.32. The molecule has 0 aliphatic carbocycles. The summed E-state index contributed by atoms with van der Waals surface area (Å²) in [7, 11) is 0. The van der Waals surface area contributed by atoms with Gasteiger partial charge in [-0.2, -0.15) is 0 Å². The van der Waals surface area contributed by atoms with E-state index in [-0.39, 0.29) is 10.2 Å². The monoisotopic (exact) mass is 380 g/mol. The number of aliphatic hydroxyl groups excluding tert-OH is 5. The van der Waals surface area contributed by atoms with Crippen LogP contribution in [0.4, 0.5) is 0 Å². The molecule has 0 bridgehead atoms. The third kappa shape index (κ3) is 5.07. The lowest BCUT2D eigenvalue weighted by Gasteiger charge is -2.38. The normalized spacial score (nSPS) is 21.0. The second-order valence-electron chi connectivity index (χ2n) is 3.81. The van der Waals surface area contributed by atoms with Crippen molar-refractivity contribution < 1.29 is 30.6 Å². The van der Waals surface area contributed by atoms with Gasteiger partial charge in [-0.15, -0.1) is 0 Å². The molecule has 0 heterocycles. The van der Waals surface area contributed by atoms with E-state index in [2.05, 4.69) is 31.9 Å². The summed E-state index contributed by atoms with van der Waals surface area (Å²) in [5.74, 6) is 0. The van der Waals surface area contributed by atoms with Crippen LogP contribution in [-0.4, -0.2) is 71.5 Å². The number of aliphatic hydroxyl groups is 6. The first-order valence-corrected chi connectivity index (χ1v) is 6.89. The number of rotatable bonds is 8. The molecule has 17 heavy (non-hydrogen) atoms. The van der Waals surface area contributed by atoms with E-state index in [1.54, 1.807) is 0 Å². The van der Waals surface area contributed by atoms with Gasteiger partial charge in [0, 0.05) is 0 Å². The van der Waals surface area contributed by atoms with Crippen molar-refractivity contribution >= 4 is 31.9 Å². The number of alkyl halides is 2. The summed E-state index contributed by atoms with van der Waals surface area (Å²) >= 11 is 6.34. The quantitative estimate of drug-likeness (QED) is 0.290. The maximum Gasteiger partial charge on any atom is 0.121 e. The number of halogens is 2. The molecule has 0 spiro atoms. The highest BCUT2D eigenvalue weighted by Gasteiger charge is 2.45. The van der Waals surface area contributed by atoms with E-state index in [0.717, 1.165) is 0 Å². The van der Waals surface area contributed by atoms with Gasteiger partial charge in [-0.1, -0.05) is 31.9 Å². The zero-order valence-electron chi connectivity index (χ0n) is 9.08. The molecule has 0 aliphatic rings. The molecule has 0 amide bonds. The Morgan fingerprint density at radius 1 is 1.00 bits per heavy atom. The molecule has 6 nitrogen and oxygen atoms in total. The molecule has 4 atom stereocenters. The first-order valence-electron chi connectivity index (χ1n) is 5.06. The summed E-state index contributed by atoms with van der Waals surface area (Å²) < 4.78 is -0.147. The van der Waals surface area contributed by atoms with E-state index in [0.29, 0.717) is 6.42 Å². The van der Waals surface area contributed by atoms with E-state index < -0.39 is 37.1 Å². The molecule has 0 fully saturated rings. The SMILES string of the molecule is OC[C@@H](O)[C@@H](O)[C@@](O)(CCC(Br)Br)[C@@H](O)CO. The molecular formula is C9H18Br2O6. The summed E-state index contributed by atoms with van der Waals surface area (Å²) in [6.07, 6.45) is -4.70. The maximum absolute atomic E-state index is 10.1. The topological polar surface area (TPSA) is 121 Å².